The van der Waals surface area contributed by atoms with Crippen LogP contribution in [0, 0.1) is 18.3 Å². The maximum atomic E-state index is 13.0. The van der Waals surface area contributed by atoms with Crippen molar-refractivity contribution >= 4 is 5.91 Å². The van der Waals surface area contributed by atoms with E-state index in [1.54, 1.807) is 0 Å². The molecule has 1 aliphatic heterocycles. The molecule has 0 unspecified atom stereocenters. The van der Waals surface area contributed by atoms with E-state index >= 15 is 0 Å². The number of hydrogen-bond acceptors (Lipinski definition) is 3. The zero-order valence-electron chi connectivity index (χ0n) is 15.5. The van der Waals surface area contributed by atoms with Gasteiger partial charge in [0.05, 0.1) is 12.5 Å². The van der Waals surface area contributed by atoms with Crippen molar-refractivity contribution in [3.05, 3.63) is 59.2 Å². The minimum absolute atomic E-state index is 0.114. The van der Waals surface area contributed by atoms with Crippen LogP contribution in [0.25, 0.3) is 11.1 Å². The summed E-state index contributed by atoms with van der Waals surface area (Å²) in [5.74, 6) is 0.114. The molecule has 0 atom stereocenters. The highest BCUT2D eigenvalue weighted by Gasteiger charge is 2.19. The molecule has 4 nitrogen and oxygen atoms in total. The van der Waals surface area contributed by atoms with Crippen molar-refractivity contribution in [3.63, 3.8) is 0 Å². The summed E-state index contributed by atoms with van der Waals surface area (Å²) in [6, 6.07) is 16.2. The Kier molecular flexibility index (Phi) is 5.70. The fourth-order valence-corrected chi connectivity index (χ4v) is 3.39. The van der Waals surface area contributed by atoms with Gasteiger partial charge in [-0.05, 0) is 61.3 Å². The van der Waals surface area contributed by atoms with Gasteiger partial charge in [-0.2, -0.15) is 5.26 Å². The standard InChI is InChI=1S/C22H25N3O/c1-17-4-7-20(22(26)25-13-3-12-24(2)14-15-25)16-21(17)19-8-5-18(6-9-19)10-11-23/h4-9,16H,3,10,12-15H2,1-2H3. The van der Waals surface area contributed by atoms with Crippen LogP contribution in [0.4, 0.5) is 0 Å². The molecule has 0 bridgehead atoms. The molecule has 134 valence electrons. The molecule has 1 saturated heterocycles. The molecule has 0 aromatic heterocycles. The Hall–Kier alpha value is -2.64. The number of benzene rings is 2. The molecular formula is C22H25N3O. The lowest BCUT2D eigenvalue weighted by atomic mass is 9.96. The van der Waals surface area contributed by atoms with Gasteiger partial charge in [0.15, 0.2) is 0 Å². The second-order valence-electron chi connectivity index (χ2n) is 7.01. The van der Waals surface area contributed by atoms with Crippen LogP contribution >= 0.6 is 0 Å². The number of hydrogen-bond donors (Lipinski definition) is 0. The minimum atomic E-state index is 0.114. The maximum Gasteiger partial charge on any atom is 0.253 e. The third kappa shape index (κ3) is 4.12. The van der Waals surface area contributed by atoms with Crippen LogP contribution in [0.2, 0.25) is 0 Å². The van der Waals surface area contributed by atoms with E-state index < -0.39 is 0 Å². The molecule has 0 spiro atoms. The number of likely N-dealkylation sites (N-methyl/N-ethyl adjacent to an activating group) is 1. The number of carbonyl (C=O) groups is 1. The second-order valence-corrected chi connectivity index (χ2v) is 7.01. The molecule has 2 aromatic rings. The largest absolute Gasteiger partial charge is 0.337 e. The summed E-state index contributed by atoms with van der Waals surface area (Å²) in [6.45, 7) is 5.62. The van der Waals surface area contributed by atoms with Crippen LogP contribution in [0.3, 0.4) is 0 Å². The highest BCUT2D eigenvalue weighted by atomic mass is 16.2. The van der Waals surface area contributed by atoms with Gasteiger partial charge in [0.25, 0.3) is 5.91 Å². The molecule has 0 radical (unpaired) electrons. The average molecular weight is 347 g/mol. The molecule has 4 heteroatoms. The molecule has 2 aromatic carbocycles. The Morgan fingerprint density at radius 2 is 1.85 bits per heavy atom. The highest BCUT2D eigenvalue weighted by molar-refractivity contribution is 5.95. The quantitative estimate of drug-likeness (QED) is 0.854. The predicted molar refractivity (Wildman–Crippen MR) is 104 cm³/mol. The van der Waals surface area contributed by atoms with Crippen molar-refractivity contribution in [2.45, 2.75) is 19.8 Å². The van der Waals surface area contributed by atoms with E-state index in [-0.39, 0.29) is 5.91 Å². The lowest BCUT2D eigenvalue weighted by Crippen LogP contribution is -2.34. The molecule has 0 saturated carbocycles. The number of nitrogens with zero attached hydrogens (tertiary/aromatic N) is 3. The first kappa shape index (κ1) is 18.2. The Bertz CT molecular complexity index is 820. The van der Waals surface area contributed by atoms with Gasteiger partial charge in [-0.3, -0.25) is 4.79 Å². The predicted octanol–water partition coefficient (Wildman–Crippen LogP) is 3.51. The summed E-state index contributed by atoms with van der Waals surface area (Å²) in [7, 11) is 2.11. The normalized spacial score (nSPS) is 15.3. The van der Waals surface area contributed by atoms with Crippen molar-refractivity contribution in [3.8, 4) is 17.2 Å². The minimum Gasteiger partial charge on any atom is -0.337 e. The van der Waals surface area contributed by atoms with Crippen LogP contribution in [-0.2, 0) is 6.42 Å². The zero-order chi connectivity index (χ0) is 18.5. The van der Waals surface area contributed by atoms with Gasteiger partial charge in [-0.1, -0.05) is 30.3 Å². The Morgan fingerprint density at radius 3 is 2.58 bits per heavy atom. The number of nitriles is 1. The van der Waals surface area contributed by atoms with E-state index in [0.717, 1.165) is 60.4 Å². The molecule has 0 aliphatic carbocycles. The Morgan fingerprint density at radius 1 is 1.08 bits per heavy atom. The van der Waals surface area contributed by atoms with Crippen molar-refractivity contribution in [1.82, 2.24) is 9.80 Å². The molecule has 0 N–H and O–H groups in total. The molecule has 1 heterocycles. The van der Waals surface area contributed by atoms with Crippen LogP contribution in [0.15, 0.2) is 42.5 Å². The molecule has 3 rings (SSSR count). The first-order chi connectivity index (χ1) is 12.6. The summed E-state index contributed by atoms with van der Waals surface area (Å²) >= 11 is 0. The first-order valence-corrected chi connectivity index (χ1v) is 9.13. The first-order valence-electron chi connectivity index (χ1n) is 9.13. The van der Waals surface area contributed by atoms with Crippen LogP contribution in [0.5, 0.6) is 0 Å². The summed E-state index contributed by atoms with van der Waals surface area (Å²) < 4.78 is 0. The summed E-state index contributed by atoms with van der Waals surface area (Å²) in [5, 5.41) is 8.81. The lowest BCUT2D eigenvalue weighted by Gasteiger charge is -2.21. The Labute approximate surface area is 155 Å². The van der Waals surface area contributed by atoms with Gasteiger partial charge >= 0.3 is 0 Å². The van der Waals surface area contributed by atoms with E-state index in [2.05, 4.69) is 24.9 Å². The number of aryl methyl sites for hydroxylation is 1. The topological polar surface area (TPSA) is 47.3 Å². The lowest BCUT2D eigenvalue weighted by molar-refractivity contribution is 0.0763. The number of rotatable bonds is 3. The third-order valence-electron chi connectivity index (χ3n) is 5.04. The van der Waals surface area contributed by atoms with E-state index in [1.807, 2.05) is 47.4 Å². The van der Waals surface area contributed by atoms with Gasteiger partial charge in [-0.25, -0.2) is 0 Å². The van der Waals surface area contributed by atoms with E-state index in [4.69, 9.17) is 5.26 Å². The van der Waals surface area contributed by atoms with E-state index in [0.29, 0.717) is 6.42 Å². The van der Waals surface area contributed by atoms with E-state index in [1.165, 1.54) is 0 Å². The van der Waals surface area contributed by atoms with Gasteiger partial charge in [0.2, 0.25) is 0 Å². The van der Waals surface area contributed by atoms with Crippen LogP contribution < -0.4 is 0 Å². The average Bonchev–Trinajstić information content (AvgIpc) is 2.87. The van der Waals surface area contributed by atoms with Crippen molar-refractivity contribution in [2.24, 2.45) is 0 Å². The zero-order valence-corrected chi connectivity index (χ0v) is 15.5. The SMILES string of the molecule is Cc1ccc(C(=O)N2CCCN(C)CC2)cc1-c1ccc(CC#N)cc1. The van der Waals surface area contributed by atoms with Crippen molar-refractivity contribution < 1.29 is 4.79 Å². The third-order valence-corrected chi connectivity index (χ3v) is 5.04. The van der Waals surface area contributed by atoms with Gasteiger partial charge in [0.1, 0.15) is 0 Å². The van der Waals surface area contributed by atoms with Gasteiger partial charge in [-0.15, -0.1) is 0 Å². The molecule has 1 amide bonds. The Balaban J connectivity index is 1.85. The smallest absolute Gasteiger partial charge is 0.253 e. The summed E-state index contributed by atoms with van der Waals surface area (Å²) in [6.07, 6.45) is 1.43. The van der Waals surface area contributed by atoms with E-state index in [9.17, 15) is 4.79 Å². The summed E-state index contributed by atoms with van der Waals surface area (Å²) in [4.78, 5) is 17.2. The molecule has 1 fully saturated rings. The number of carbonyl (C=O) groups excluding carboxylic acids is 1. The molecule has 26 heavy (non-hydrogen) atoms. The highest BCUT2D eigenvalue weighted by Crippen LogP contribution is 2.26. The molecule has 1 aliphatic rings. The number of amides is 1. The monoisotopic (exact) mass is 347 g/mol. The van der Waals surface area contributed by atoms with Gasteiger partial charge < -0.3 is 9.80 Å². The van der Waals surface area contributed by atoms with Crippen LogP contribution in [-0.4, -0.2) is 48.9 Å². The van der Waals surface area contributed by atoms with Crippen molar-refractivity contribution in [1.29, 1.82) is 5.26 Å². The maximum absolute atomic E-state index is 13.0. The van der Waals surface area contributed by atoms with Crippen molar-refractivity contribution in [2.75, 3.05) is 33.2 Å². The summed E-state index contributed by atoms with van der Waals surface area (Å²) in [5.41, 5.74) is 5.05. The van der Waals surface area contributed by atoms with Gasteiger partial charge in [0, 0.05) is 25.2 Å². The van der Waals surface area contributed by atoms with Crippen LogP contribution in [0.1, 0.15) is 27.9 Å². The molecular weight excluding hydrogens is 322 g/mol. The second kappa shape index (κ2) is 8.16. The fraction of sp³-hybridized carbons (Fsp3) is 0.364. The fourth-order valence-electron chi connectivity index (χ4n) is 3.39.